The fraction of sp³-hybridized carbons (Fsp3) is 0.333. The van der Waals surface area contributed by atoms with Gasteiger partial charge in [0.05, 0.1) is 0 Å². The molecular weight excluding hydrogens is 391 g/mol. The van der Waals surface area contributed by atoms with Crippen molar-refractivity contribution in [3.63, 3.8) is 0 Å². The van der Waals surface area contributed by atoms with Crippen molar-refractivity contribution in [2.45, 2.75) is 50.3 Å². The number of amides is 2. The maximum absolute atomic E-state index is 14.3. The second-order valence-electron chi connectivity index (χ2n) is 7.43. The number of benzene rings is 2. The smallest absolute Gasteiger partial charge is 0.307 e. The highest BCUT2D eigenvalue weighted by atomic mass is 32.2. The van der Waals surface area contributed by atoms with Gasteiger partial charge >= 0.3 is 6.03 Å². The number of urea groups is 1. The molecule has 2 aromatic carbocycles. The number of anilines is 1. The molecular formula is C21H21FN4O2S. The molecule has 1 unspecified atom stereocenters. The van der Waals surface area contributed by atoms with Crippen LogP contribution in [0.1, 0.15) is 40.7 Å². The lowest BCUT2D eigenvalue weighted by molar-refractivity contribution is 0.256. The molecule has 0 radical (unpaired) electrons. The molecule has 2 aliphatic rings. The van der Waals surface area contributed by atoms with Gasteiger partial charge in [-0.1, -0.05) is 12.1 Å². The number of fused-ring (bicyclic) bond motifs is 2. The van der Waals surface area contributed by atoms with E-state index in [0.29, 0.717) is 5.56 Å². The summed E-state index contributed by atoms with van der Waals surface area (Å²) in [6.45, 7) is 8.69. The maximum Gasteiger partial charge on any atom is 0.332 e. The second kappa shape index (κ2) is 7.48. The van der Waals surface area contributed by atoms with Crippen LogP contribution in [0.3, 0.4) is 0 Å². The van der Waals surface area contributed by atoms with E-state index in [2.05, 4.69) is 25.5 Å². The first-order valence-electron chi connectivity index (χ1n) is 9.55. The first-order chi connectivity index (χ1) is 13.9. The van der Waals surface area contributed by atoms with E-state index in [1.165, 1.54) is 23.3 Å². The number of hydrogen-bond donors (Lipinski definition) is 2. The minimum atomic E-state index is -3.78. The van der Waals surface area contributed by atoms with Crippen LogP contribution in [-0.2, 0) is 35.6 Å². The van der Waals surface area contributed by atoms with Gasteiger partial charge < -0.3 is 5.32 Å². The van der Waals surface area contributed by atoms with Crippen LogP contribution in [0.2, 0.25) is 0 Å². The van der Waals surface area contributed by atoms with Gasteiger partial charge in [0.25, 0.3) is 0 Å². The molecule has 150 valence electrons. The first-order valence-corrected chi connectivity index (χ1v) is 11.1. The number of carbonyl (C=O) groups excluding carboxylic acids is 1. The van der Waals surface area contributed by atoms with Gasteiger partial charge in [-0.2, -0.15) is 6.57 Å². The van der Waals surface area contributed by atoms with E-state index in [0.717, 1.165) is 61.4 Å². The average molecular weight is 412 g/mol. The Hall–Kier alpha value is -2.92. The van der Waals surface area contributed by atoms with Crippen LogP contribution in [-0.4, -0.2) is 10.2 Å². The molecule has 1 atom stereocenters. The van der Waals surface area contributed by atoms with Crippen molar-refractivity contribution in [2.75, 3.05) is 5.32 Å². The average Bonchev–Trinajstić information content (AvgIpc) is 3.32. The summed E-state index contributed by atoms with van der Waals surface area (Å²) in [5, 5.41) is 2.85. The Labute approximate surface area is 169 Å². The van der Waals surface area contributed by atoms with Gasteiger partial charge in [-0.05, 0) is 85.4 Å². The molecule has 0 bridgehead atoms. The summed E-state index contributed by atoms with van der Waals surface area (Å²) in [6.07, 6.45) is 5.80. The Morgan fingerprint density at radius 1 is 1.14 bits per heavy atom. The summed E-state index contributed by atoms with van der Waals surface area (Å²) < 4.78 is 33.2. The van der Waals surface area contributed by atoms with Crippen molar-refractivity contribution in [3.8, 4) is 0 Å². The summed E-state index contributed by atoms with van der Waals surface area (Å²) in [4.78, 5) is 15.3. The summed E-state index contributed by atoms with van der Waals surface area (Å²) in [5.41, 5.74) is 6.16. The Bertz CT molecular complexity index is 1140. The van der Waals surface area contributed by atoms with E-state index in [1.54, 1.807) is 6.92 Å². The van der Waals surface area contributed by atoms with Crippen LogP contribution in [0.5, 0.6) is 0 Å². The van der Waals surface area contributed by atoms with Gasteiger partial charge in [-0.3, -0.25) is 0 Å². The van der Waals surface area contributed by atoms with Crippen molar-refractivity contribution >= 4 is 21.6 Å². The summed E-state index contributed by atoms with van der Waals surface area (Å²) >= 11 is 0. The van der Waals surface area contributed by atoms with Crippen LogP contribution in [0.25, 0.3) is 4.95 Å². The predicted octanol–water partition coefficient (Wildman–Crippen LogP) is 4.51. The SMILES string of the molecule is [C-]#[N+]N=S(=O)(NC(=O)Nc1c2c(cc3c1CCC3)CCC2)c1cc(C)ccc1F. The molecule has 29 heavy (non-hydrogen) atoms. The lowest BCUT2D eigenvalue weighted by Gasteiger charge is -2.17. The number of nitrogens with zero attached hydrogens (tertiary/aromatic N) is 2. The first kappa shape index (κ1) is 19.4. The predicted molar refractivity (Wildman–Crippen MR) is 109 cm³/mol. The molecule has 0 spiro atoms. The minimum absolute atomic E-state index is 0.299. The monoisotopic (exact) mass is 412 g/mol. The third-order valence-corrected chi connectivity index (χ3v) is 7.17. The van der Waals surface area contributed by atoms with E-state index >= 15 is 0 Å². The van der Waals surface area contributed by atoms with Crippen LogP contribution in [0, 0.1) is 19.3 Å². The van der Waals surface area contributed by atoms with E-state index in [1.807, 2.05) is 0 Å². The van der Waals surface area contributed by atoms with Gasteiger partial charge in [-0.25, -0.2) is 18.1 Å². The molecule has 8 heteroatoms. The molecule has 4 rings (SSSR count). The highest BCUT2D eigenvalue weighted by Gasteiger charge is 2.28. The van der Waals surface area contributed by atoms with Gasteiger partial charge in [-0.15, -0.1) is 4.95 Å². The summed E-state index contributed by atoms with van der Waals surface area (Å²) in [7, 11) is -3.78. The van der Waals surface area contributed by atoms with Crippen molar-refractivity contribution in [2.24, 2.45) is 4.47 Å². The van der Waals surface area contributed by atoms with Crippen molar-refractivity contribution < 1.29 is 13.4 Å². The van der Waals surface area contributed by atoms with Gasteiger partial charge in [0.1, 0.15) is 10.7 Å². The number of rotatable bonds is 3. The zero-order valence-corrected chi connectivity index (χ0v) is 16.9. The molecule has 0 fully saturated rings. The normalized spacial score (nSPS) is 16.3. The number of carbonyl (C=O) groups is 1. The van der Waals surface area contributed by atoms with E-state index in [-0.39, 0.29) is 4.90 Å². The number of aryl methyl sites for hydroxylation is 3. The quantitative estimate of drug-likeness (QED) is 0.575. The number of hydrogen-bond acceptors (Lipinski definition) is 3. The Morgan fingerprint density at radius 2 is 1.79 bits per heavy atom. The summed E-state index contributed by atoms with van der Waals surface area (Å²) in [6, 6.07) is 5.50. The van der Waals surface area contributed by atoms with Crippen molar-refractivity contribution in [3.05, 3.63) is 69.4 Å². The van der Waals surface area contributed by atoms with Crippen molar-refractivity contribution in [1.29, 1.82) is 0 Å². The van der Waals surface area contributed by atoms with E-state index in [9.17, 15) is 13.4 Å². The standard InChI is InChI=1S/C21H21FN4O2S/c1-13-9-10-18(22)19(11-13)29(28,26-23-2)25-21(27)24-20-16-7-3-5-14(16)12-15-6-4-8-17(15)20/h9-12H,3-8H2,1H3,(H2,24,25,26,27,28). The second-order valence-corrected chi connectivity index (χ2v) is 9.29. The van der Waals surface area contributed by atoms with Crippen LogP contribution < -0.4 is 10.0 Å². The molecule has 0 aromatic heterocycles. The molecule has 0 saturated heterocycles. The molecule has 0 heterocycles. The van der Waals surface area contributed by atoms with E-state index in [4.69, 9.17) is 6.57 Å². The molecule has 6 nitrogen and oxygen atoms in total. The van der Waals surface area contributed by atoms with Crippen LogP contribution in [0.4, 0.5) is 14.9 Å². The molecule has 2 aromatic rings. The van der Waals surface area contributed by atoms with E-state index < -0.39 is 21.8 Å². The summed E-state index contributed by atoms with van der Waals surface area (Å²) in [5.74, 6) is -0.783. The zero-order chi connectivity index (χ0) is 20.6. The lowest BCUT2D eigenvalue weighted by Crippen LogP contribution is -2.35. The highest BCUT2D eigenvalue weighted by Crippen LogP contribution is 2.38. The number of halogens is 1. The fourth-order valence-corrected chi connectivity index (χ4v) is 5.57. The lowest BCUT2D eigenvalue weighted by atomic mass is 9.99. The van der Waals surface area contributed by atoms with Crippen LogP contribution >= 0.6 is 0 Å². The Morgan fingerprint density at radius 3 is 2.41 bits per heavy atom. The largest absolute Gasteiger partial charge is 0.332 e. The molecule has 2 N–H and O–H groups in total. The molecule has 0 aliphatic heterocycles. The van der Waals surface area contributed by atoms with Gasteiger partial charge in [0.2, 0.25) is 9.92 Å². The fourth-order valence-electron chi connectivity index (χ4n) is 4.23. The van der Waals surface area contributed by atoms with Crippen molar-refractivity contribution in [1.82, 2.24) is 4.72 Å². The number of nitrogens with one attached hydrogen (secondary N) is 2. The third kappa shape index (κ3) is 3.58. The third-order valence-electron chi connectivity index (χ3n) is 5.48. The Kier molecular flexibility index (Phi) is 5.01. The zero-order valence-electron chi connectivity index (χ0n) is 16.0. The molecule has 2 aliphatic carbocycles. The maximum atomic E-state index is 14.3. The van der Waals surface area contributed by atoms with Gasteiger partial charge in [0.15, 0.2) is 4.47 Å². The minimum Gasteiger partial charge on any atom is -0.307 e. The highest BCUT2D eigenvalue weighted by molar-refractivity contribution is 7.92. The van der Waals surface area contributed by atoms with Gasteiger partial charge in [0, 0.05) is 5.69 Å². The Balaban J connectivity index is 1.68. The topological polar surface area (TPSA) is 74.9 Å². The molecule has 0 saturated carbocycles. The molecule has 2 amide bonds. The van der Waals surface area contributed by atoms with Crippen LogP contribution in [0.15, 0.2) is 33.6 Å².